The molecule has 0 radical (unpaired) electrons. The minimum Gasteiger partial charge on any atom is -0.385 e. The molecule has 0 fully saturated rings. The number of unbranched alkanes of at least 4 members (excludes halogenated alkanes) is 1. The molecule has 0 aromatic heterocycles. The van der Waals surface area contributed by atoms with E-state index in [9.17, 15) is 9.59 Å². The van der Waals surface area contributed by atoms with Crippen molar-refractivity contribution in [1.82, 2.24) is 0 Å². The first-order valence-corrected chi connectivity index (χ1v) is 6.23. The van der Waals surface area contributed by atoms with Crippen LogP contribution in [0, 0.1) is 0 Å². The molecule has 0 amide bonds. The van der Waals surface area contributed by atoms with Crippen molar-refractivity contribution < 1.29 is 14.3 Å². The van der Waals surface area contributed by atoms with Crippen LogP contribution in [-0.2, 0) is 14.3 Å². The van der Waals surface area contributed by atoms with Crippen molar-refractivity contribution in [2.45, 2.75) is 58.3 Å². The van der Waals surface area contributed by atoms with Gasteiger partial charge >= 0.3 is 0 Å². The number of hydrogen-bond acceptors (Lipinski definition) is 3. The molecule has 0 saturated heterocycles. The number of hydrogen-bond donors (Lipinski definition) is 0. The normalized spacial score (nSPS) is 10.4. The van der Waals surface area contributed by atoms with Gasteiger partial charge < -0.3 is 4.74 Å². The van der Waals surface area contributed by atoms with Gasteiger partial charge in [-0.2, -0.15) is 0 Å². The van der Waals surface area contributed by atoms with E-state index in [1.165, 1.54) is 0 Å². The van der Waals surface area contributed by atoms with Crippen molar-refractivity contribution >= 4 is 11.6 Å². The molecule has 0 aliphatic heterocycles. The van der Waals surface area contributed by atoms with E-state index in [-0.39, 0.29) is 5.78 Å². The summed E-state index contributed by atoms with van der Waals surface area (Å²) < 4.78 is 4.87. The Labute approximate surface area is 98.6 Å². The molecule has 0 heterocycles. The molecule has 0 saturated carbocycles. The van der Waals surface area contributed by atoms with Crippen molar-refractivity contribution in [1.29, 1.82) is 0 Å². The van der Waals surface area contributed by atoms with Crippen LogP contribution in [0.15, 0.2) is 0 Å². The summed E-state index contributed by atoms with van der Waals surface area (Å²) in [7, 11) is 1.64. The first kappa shape index (κ1) is 15.3. The molecule has 16 heavy (non-hydrogen) atoms. The number of methoxy groups -OCH3 is 1. The third kappa shape index (κ3) is 9.84. The molecule has 0 aromatic rings. The van der Waals surface area contributed by atoms with E-state index in [0.717, 1.165) is 19.3 Å². The number of carbonyl (C=O) groups excluding carboxylic acids is 2. The van der Waals surface area contributed by atoms with Crippen LogP contribution in [0.3, 0.4) is 0 Å². The van der Waals surface area contributed by atoms with E-state index >= 15 is 0 Å². The zero-order valence-corrected chi connectivity index (χ0v) is 10.6. The smallest absolute Gasteiger partial charge is 0.133 e. The second kappa shape index (κ2) is 10.8. The standard InChI is InChI=1S/C13H24O3/c1-3-4-7-12(14)8-5-9-13(15)10-6-11-16-2/h3-11H2,1-2H3. The summed E-state index contributed by atoms with van der Waals surface area (Å²) in [5.74, 6) is 0.548. The predicted octanol–water partition coefficient (Wildman–Crippen LogP) is 2.91. The highest BCUT2D eigenvalue weighted by molar-refractivity contribution is 5.81. The van der Waals surface area contributed by atoms with E-state index in [2.05, 4.69) is 6.92 Å². The second-order valence-corrected chi connectivity index (χ2v) is 4.13. The van der Waals surface area contributed by atoms with E-state index in [1.54, 1.807) is 7.11 Å². The number of ether oxygens (including phenoxy) is 1. The van der Waals surface area contributed by atoms with Gasteiger partial charge in [-0.15, -0.1) is 0 Å². The van der Waals surface area contributed by atoms with Crippen LogP contribution in [0.25, 0.3) is 0 Å². The lowest BCUT2D eigenvalue weighted by Crippen LogP contribution is -2.03. The van der Waals surface area contributed by atoms with Crippen molar-refractivity contribution in [3.8, 4) is 0 Å². The lowest BCUT2D eigenvalue weighted by Gasteiger charge is -2.01. The van der Waals surface area contributed by atoms with Crippen LogP contribution >= 0.6 is 0 Å². The molecule has 0 unspecified atom stereocenters. The van der Waals surface area contributed by atoms with Crippen LogP contribution in [0.1, 0.15) is 58.3 Å². The lowest BCUT2D eigenvalue weighted by atomic mass is 10.0. The fraction of sp³-hybridized carbons (Fsp3) is 0.846. The Kier molecular flexibility index (Phi) is 10.3. The lowest BCUT2D eigenvalue weighted by molar-refractivity contribution is -0.120. The highest BCUT2D eigenvalue weighted by Gasteiger charge is 2.05. The summed E-state index contributed by atoms with van der Waals surface area (Å²) in [6.07, 6.45) is 5.90. The van der Waals surface area contributed by atoms with Gasteiger partial charge in [0.25, 0.3) is 0 Å². The average Bonchev–Trinajstić information content (AvgIpc) is 2.26. The van der Waals surface area contributed by atoms with Crippen molar-refractivity contribution in [3.05, 3.63) is 0 Å². The van der Waals surface area contributed by atoms with Crippen LogP contribution in [0.2, 0.25) is 0 Å². The molecular formula is C13H24O3. The zero-order valence-electron chi connectivity index (χ0n) is 10.6. The maximum absolute atomic E-state index is 11.3. The number of carbonyl (C=O) groups is 2. The topological polar surface area (TPSA) is 43.4 Å². The van der Waals surface area contributed by atoms with Crippen molar-refractivity contribution in [2.24, 2.45) is 0 Å². The van der Waals surface area contributed by atoms with Gasteiger partial charge in [-0.05, 0) is 19.3 Å². The Balaban J connectivity index is 3.36. The molecule has 0 atom stereocenters. The van der Waals surface area contributed by atoms with E-state index in [1.807, 2.05) is 0 Å². The van der Waals surface area contributed by atoms with E-state index in [4.69, 9.17) is 4.74 Å². The quantitative estimate of drug-likeness (QED) is 0.511. The molecule has 0 aromatic carbocycles. The summed E-state index contributed by atoms with van der Waals surface area (Å²) in [6, 6.07) is 0. The number of Topliss-reactive ketones (excluding diaryl/α,β-unsaturated/α-hetero) is 2. The maximum atomic E-state index is 11.3. The van der Waals surface area contributed by atoms with E-state index < -0.39 is 0 Å². The molecule has 0 rings (SSSR count). The van der Waals surface area contributed by atoms with Gasteiger partial charge in [-0.1, -0.05) is 13.3 Å². The average molecular weight is 228 g/mol. The monoisotopic (exact) mass is 228 g/mol. The Bertz CT molecular complexity index is 199. The molecule has 0 aliphatic carbocycles. The van der Waals surface area contributed by atoms with Gasteiger partial charge in [0.2, 0.25) is 0 Å². The molecule has 3 heteroatoms. The second-order valence-electron chi connectivity index (χ2n) is 4.13. The molecule has 0 spiro atoms. The first-order valence-electron chi connectivity index (χ1n) is 6.23. The Morgan fingerprint density at radius 1 is 0.875 bits per heavy atom. The Morgan fingerprint density at radius 2 is 1.38 bits per heavy atom. The zero-order chi connectivity index (χ0) is 12.2. The van der Waals surface area contributed by atoms with Crippen LogP contribution < -0.4 is 0 Å². The maximum Gasteiger partial charge on any atom is 0.133 e. The van der Waals surface area contributed by atoms with Gasteiger partial charge in [-0.3, -0.25) is 9.59 Å². The Hall–Kier alpha value is -0.700. The van der Waals surface area contributed by atoms with Gasteiger partial charge in [0.15, 0.2) is 0 Å². The summed E-state index contributed by atoms with van der Waals surface area (Å²) >= 11 is 0. The Morgan fingerprint density at radius 3 is 1.88 bits per heavy atom. The highest BCUT2D eigenvalue weighted by Crippen LogP contribution is 2.06. The summed E-state index contributed by atoms with van der Waals surface area (Å²) in [5, 5.41) is 0. The molecule has 3 nitrogen and oxygen atoms in total. The summed E-state index contributed by atoms with van der Waals surface area (Å²) in [4.78, 5) is 22.7. The van der Waals surface area contributed by atoms with Gasteiger partial charge in [-0.25, -0.2) is 0 Å². The third-order valence-electron chi connectivity index (χ3n) is 2.52. The predicted molar refractivity (Wildman–Crippen MR) is 64.5 cm³/mol. The van der Waals surface area contributed by atoms with Crippen molar-refractivity contribution in [3.63, 3.8) is 0 Å². The molecule has 0 aliphatic rings. The van der Waals surface area contributed by atoms with Gasteiger partial charge in [0, 0.05) is 39.4 Å². The number of rotatable bonds is 11. The van der Waals surface area contributed by atoms with Crippen LogP contribution in [0.4, 0.5) is 0 Å². The fourth-order valence-corrected chi connectivity index (χ4v) is 1.52. The molecule has 0 bridgehead atoms. The molecular weight excluding hydrogens is 204 g/mol. The minimum absolute atomic E-state index is 0.250. The summed E-state index contributed by atoms with van der Waals surface area (Å²) in [6.45, 7) is 2.72. The van der Waals surface area contributed by atoms with Gasteiger partial charge in [0.05, 0.1) is 0 Å². The fourth-order valence-electron chi connectivity index (χ4n) is 1.52. The largest absolute Gasteiger partial charge is 0.385 e. The van der Waals surface area contributed by atoms with Crippen LogP contribution in [-0.4, -0.2) is 25.3 Å². The van der Waals surface area contributed by atoms with Crippen LogP contribution in [0.5, 0.6) is 0 Å². The van der Waals surface area contributed by atoms with Gasteiger partial charge in [0.1, 0.15) is 11.6 Å². The SMILES string of the molecule is CCCCC(=O)CCCC(=O)CCCOC. The molecule has 94 valence electrons. The third-order valence-corrected chi connectivity index (χ3v) is 2.52. The van der Waals surface area contributed by atoms with E-state index in [0.29, 0.717) is 44.5 Å². The number of ketones is 2. The van der Waals surface area contributed by atoms with Crippen molar-refractivity contribution in [2.75, 3.05) is 13.7 Å². The summed E-state index contributed by atoms with van der Waals surface area (Å²) in [5.41, 5.74) is 0. The molecule has 0 N–H and O–H groups in total. The minimum atomic E-state index is 0.250. The first-order chi connectivity index (χ1) is 7.70. The highest BCUT2D eigenvalue weighted by atomic mass is 16.5.